The van der Waals surface area contributed by atoms with Crippen LogP contribution in [0.4, 0.5) is 15.8 Å². The number of rotatable bonds is 2. The van der Waals surface area contributed by atoms with Gasteiger partial charge in [0.05, 0.1) is 11.3 Å². The Labute approximate surface area is 112 Å². The first-order chi connectivity index (χ1) is 8.91. The number of piperidine rings is 1. The van der Waals surface area contributed by atoms with E-state index < -0.39 is 11.7 Å². The van der Waals surface area contributed by atoms with Gasteiger partial charge in [0.15, 0.2) is 0 Å². The lowest BCUT2D eigenvalue weighted by Gasteiger charge is -2.41. The maximum atomic E-state index is 14.2. The summed E-state index contributed by atoms with van der Waals surface area (Å²) in [5.41, 5.74) is 11.6. The molecule has 1 fully saturated rings. The minimum absolute atomic E-state index is 0.0889. The molecule has 1 saturated heterocycles. The van der Waals surface area contributed by atoms with E-state index >= 15 is 0 Å². The zero-order chi connectivity index (χ0) is 14.2. The van der Waals surface area contributed by atoms with E-state index in [-0.39, 0.29) is 23.3 Å². The Kier molecular flexibility index (Phi) is 3.64. The van der Waals surface area contributed by atoms with E-state index in [9.17, 15) is 9.18 Å². The van der Waals surface area contributed by atoms with E-state index in [1.807, 2.05) is 4.90 Å². The first-order valence-electron chi connectivity index (χ1n) is 6.59. The maximum absolute atomic E-state index is 14.2. The third-order valence-corrected chi connectivity index (χ3v) is 3.86. The SMILES string of the molecule is CC1CCCC(C)N1c1cc(C(N)=O)c(N)cc1F. The molecule has 0 bridgehead atoms. The second-order valence-electron chi connectivity index (χ2n) is 5.29. The van der Waals surface area contributed by atoms with Crippen LogP contribution in [0.25, 0.3) is 0 Å². The highest BCUT2D eigenvalue weighted by molar-refractivity contribution is 5.99. The van der Waals surface area contributed by atoms with E-state index in [0.717, 1.165) is 19.3 Å². The molecule has 2 atom stereocenters. The molecule has 2 rings (SSSR count). The molecule has 19 heavy (non-hydrogen) atoms. The van der Waals surface area contributed by atoms with Gasteiger partial charge in [0.25, 0.3) is 5.91 Å². The highest BCUT2D eigenvalue weighted by Crippen LogP contribution is 2.33. The Hall–Kier alpha value is -1.78. The summed E-state index contributed by atoms with van der Waals surface area (Å²) in [5, 5.41) is 0. The first kappa shape index (κ1) is 13.6. The average Bonchev–Trinajstić information content (AvgIpc) is 2.30. The largest absolute Gasteiger partial charge is 0.398 e. The number of nitrogens with zero attached hydrogens (tertiary/aromatic N) is 1. The zero-order valence-corrected chi connectivity index (χ0v) is 11.3. The third-order valence-electron chi connectivity index (χ3n) is 3.86. The van der Waals surface area contributed by atoms with Crippen molar-refractivity contribution in [1.29, 1.82) is 0 Å². The molecule has 1 aliphatic rings. The van der Waals surface area contributed by atoms with Crippen LogP contribution in [0.15, 0.2) is 12.1 Å². The number of nitrogen functional groups attached to an aromatic ring is 1. The van der Waals surface area contributed by atoms with Crippen molar-refractivity contribution >= 4 is 17.3 Å². The molecule has 4 nitrogen and oxygen atoms in total. The summed E-state index contributed by atoms with van der Waals surface area (Å²) in [6.45, 7) is 4.13. The molecule has 0 spiro atoms. The highest BCUT2D eigenvalue weighted by Gasteiger charge is 2.28. The summed E-state index contributed by atoms with van der Waals surface area (Å²) in [5.74, 6) is -1.03. The van der Waals surface area contributed by atoms with Gasteiger partial charge in [-0.3, -0.25) is 4.79 Å². The van der Waals surface area contributed by atoms with Crippen LogP contribution in [0.2, 0.25) is 0 Å². The fraction of sp³-hybridized carbons (Fsp3) is 0.500. The van der Waals surface area contributed by atoms with Crippen molar-refractivity contribution in [1.82, 2.24) is 0 Å². The Morgan fingerprint density at radius 2 is 1.89 bits per heavy atom. The van der Waals surface area contributed by atoms with Gasteiger partial charge in [0.1, 0.15) is 5.82 Å². The van der Waals surface area contributed by atoms with Gasteiger partial charge < -0.3 is 16.4 Å². The van der Waals surface area contributed by atoms with Crippen molar-refractivity contribution in [2.24, 2.45) is 5.73 Å². The van der Waals surface area contributed by atoms with E-state index in [0.29, 0.717) is 5.69 Å². The molecular formula is C14H20FN3O. The number of primary amides is 1. The third kappa shape index (κ3) is 2.50. The number of benzene rings is 1. The first-order valence-corrected chi connectivity index (χ1v) is 6.59. The Morgan fingerprint density at radius 3 is 2.42 bits per heavy atom. The number of hydrogen-bond donors (Lipinski definition) is 2. The summed E-state index contributed by atoms with van der Waals surface area (Å²) in [6.07, 6.45) is 3.16. The molecular weight excluding hydrogens is 245 g/mol. The number of carbonyl (C=O) groups is 1. The van der Waals surface area contributed by atoms with Gasteiger partial charge >= 0.3 is 0 Å². The molecule has 0 aliphatic carbocycles. The van der Waals surface area contributed by atoms with Crippen molar-refractivity contribution in [2.75, 3.05) is 10.6 Å². The molecule has 2 unspecified atom stereocenters. The van der Waals surface area contributed by atoms with Gasteiger partial charge in [0, 0.05) is 17.8 Å². The van der Waals surface area contributed by atoms with E-state index in [4.69, 9.17) is 11.5 Å². The van der Waals surface area contributed by atoms with Crippen LogP contribution in [0.1, 0.15) is 43.5 Å². The summed E-state index contributed by atoms with van der Waals surface area (Å²) in [4.78, 5) is 13.4. The predicted octanol–water partition coefficient (Wildman–Crippen LogP) is 2.27. The number of hydrogen-bond acceptors (Lipinski definition) is 3. The van der Waals surface area contributed by atoms with Crippen molar-refractivity contribution in [3.8, 4) is 0 Å². The predicted molar refractivity (Wildman–Crippen MR) is 74.6 cm³/mol. The smallest absolute Gasteiger partial charge is 0.250 e. The van der Waals surface area contributed by atoms with Gasteiger partial charge in [0.2, 0.25) is 0 Å². The second-order valence-corrected chi connectivity index (χ2v) is 5.29. The quantitative estimate of drug-likeness (QED) is 0.806. The van der Waals surface area contributed by atoms with Gasteiger partial charge in [-0.15, -0.1) is 0 Å². The minimum atomic E-state index is -0.629. The topological polar surface area (TPSA) is 72.3 Å². The molecule has 4 N–H and O–H groups in total. The van der Waals surface area contributed by atoms with Crippen molar-refractivity contribution in [2.45, 2.75) is 45.2 Å². The number of halogens is 1. The number of nitrogens with two attached hydrogens (primary N) is 2. The van der Waals surface area contributed by atoms with Crippen molar-refractivity contribution in [3.05, 3.63) is 23.5 Å². The fourth-order valence-corrected chi connectivity index (χ4v) is 2.88. The standard InChI is InChI=1S/C14H20FN3O/c1-8-4-3-5-9(2)18(8)13-6-10(14(17)19)12(16)7-11(13)15/h6-9H,3-5,16H2,1-2H3,(H2,17,19). The Balaban J connectivity index is 2.48. The molecule has 1 aromatic rings. The van der Waals surface area contributed by atoms with Crippen LogP contribution in [-0.2, 0) is 0 Å². The average molecular weight is 265 g/mol. The van der Waals surface area contributed by atoms with Crippen LogP contribution in [0, 0.1) is 5.82 Å². The maximum Gasteiger partial charge on any atom is 0.250 e. The summed E-state index contributed by atoms with van der Waals surface area (Å²) in [7, 11) is 0. The van der Waals surface area contributed by atoms with Crippen molar-refractivity contribution < 1.29 is 9.18 Å². The molecule has 0 radical (unpaired) electrons. The lowest BCUT2D eigenvalue weighted by atomic mass is 9.96. The van der Waals surface area contributed by atoms with Gasteiger partial charge in [-0.1, -0.05) is 0 Å². The van der Waals surface area contributed by atoms with Gasteiger partial charge in [-0.25, -0.2) is 4.39 Å². The fourth-order valence-electron chi connectivity index (χ4n) is 2.88. The highest BCUT2D eigenvalue weighted by atomic mass is 19.1. The number of amides is 1. The monoisotopic (exact) mass is 265 g/mol. The van der Waals surface area contributed by atoms with E-state index in [2.05, 4.69) is 13.8 Å². The normalized spacial score (nSPS) is 23.4. The van der Waals surface area contributed by atoms with Crippen LogP contribution in [0.5, 0.6) is 0 Å². The Bertz CT molecular complexity index is 494. The lowest BCUT2D eigenvalue weighted by Crippen LogP contribution is -2.44. The second kappa shape index (κ2) is 5.07. The molecule has 0 aromatic heterocycles. The lowest BCUT2D eigenvalue weighted by molar-refractivity contribution is 0.100. The molecule has 1 aromatic carbocycles. The van der Waals surface area contributed by atoms with Crippen LogP contribution in [0.3, 0.4) is 0 Å². The zero-order valence-electron chi connectivity index (χ0n) is 11.3. The van der Waals surface area contributed by atoms with E-state index in [1.54, 1.807) is 0 Å². The van der Waals surface area contributed by atoms with Crippen LogP contribution >= 0.6 is 0 Å². The number of anilines is 2. The van der Waals surface area contributed by atoms with Crippen LogP contribution < -0.4 is 16.4 Å². The Morgan fingerprint density at radius 1 is 1.32 bits per heavy atom. The summed E-state index contributed by atoms with van der Waals surface area (Å²) < 4.78 is 14.2. The molecule has 104 valence electrons. The van der Waals surface area contributed by atoms with E-state index in [1.165, 1.54) is 12.1 Å². The molecule has 1 amide bonds. The van der Waals surface area contributed by atoms with Crippen molar-refractivity contribution in [3.63, 3.8) is 0 Å². The molecule has 5 heteroatoms. The minimum Gasteiger partial charge on any atom is -0.398 e. The van der Waals surface area contributed by atoms with Crippen LogP contribution in [-0.4, -0.2) is 18.0 Å². The van der Waals surface area contributed by atoms with Gasteiger partial charge in [-0.2, -0.15) is 0 Å². The number of carbonyl (C=O) groups excluding carboxylic acids is 1. The van der Waals surface area contributed by atoms with Gasteiger partial charge in [-0.05, 0) is 45.2 Å². The molecule has 1 aliphatic heterocycles. The summed E-state index contributed by atoms with van der Waals surface area (Å²) in [6, 6.07) is 3.14. The summed E-state index contributed by atoms with van der Waals surface area (Å²) >= 11 is 0. The molecule has 1 heterocycles. The molecule has 0 saturated carbocycles.